The average molecular weight is 326 g/mol. The Labute approximate surface area is 144 Å². The molecule has 1 aromatic carbocycles. The Bertz CT molecular complexity index is 630. The maximum Gasteiger partial charge on any atom is 0.229 e. The van der Waals surface area contributed by atoms with Crippen LogP contribution in [-0.4, -0.2) is 37.0 Å². The molecular formula is C20H26N2O2. The predicted molar refractivity (Wildman–Crippen MR) is 95.9 cm³/mol. The van der Waals surface area contributed by atoms with Gasteiger partial charge in [-0.2, -0.15) is 0 Å². The Kier molecular flexibility index (Phi) is 4.76. The minimum absolute atomic E-state index is 0.0929. The quantitative estimate of drug-likeness (QED) is 0.817. The highest BCUT2D eigenvalue weighted by atomic mass is 16.5. The first-order valence-electron chi connectivity index (χ1n) is 8.56. The van der Waals surface area contributed by atoms with Crippen LogP contribution >= 0.6 is 0 Å². The lowest BCUT2D eigenvalue weighted by atomic mass is 9.77. The Morgan fingerprint density at radius 2 is 2.04 bits per heavy atom. The normalized spacial score (nSPS) is 25.2. The van der Waals surface area contributed by atoms with Crippen molar-refractivity contribution in [2.75, 3.05) is 20.2 Å². The lowest BCUT2D eigenvalue weighted by Crippen LogP contribution is -2.51. The van der Waals surface area contributed by atoms with Crippen molar-refractivity contribution in [2.45, 2.75) is 31.3 Å². The van der Waals surface area contributed by atoms with E-state index < -0.39 is 0 Å². The topological polar surface area (TPSA) is 41.6 Å². The van der Waals surface area contributed by atoms with Gasteiger partial charge in [0, 0.05) is 18.7 Å². The summed E-state index contributed by atoms with van der Waals surface area (Å²) in [4.78, 5) is 15.2. The van der Waals surface area contributed by atoms with Crippen LogP contribution in [0.5, 0.6) is 5.75 Å². The number of nitrogens with zero attached hydrogens (tertiary/aromatic N) is 1. The molecule has 2 aliphatic heterocycles. The van der Waals surface area contributed by atoms with Crippen LogP contribution in [0.25, 0.3) is 0 Å². The molecule has 2 heterocycles. The Morgan fingerprint density at radius 3 is 2.71 bits per heavy atom. The Balaban J connectivity index is 1.97. The minimum Gasteiger partial charge on any atom is -0.496 e. The van der Waals surface area contributed by atoms with Crippen molar-refractivity contribution in [1.29, 1.82) is 0 Å². The number of fused-ring (bicyclic) bond motifs is 1. The van der Waals surface area contributed by atoms with E-state index in [4.69, 9.17) is 4.74 Å². The van der Waals surface area contributed by atoms with Crippen LogP contribution < -0.4 is 10.1 Å². The first-order valence-corrected chi connectivity index (χ1v) is 8.56. The van der Waals surface area contributed by atoms with Gasteiger partial charge in [-0.3, -0.25) is 4.79 Å². The molecule has 0 aliphatic carbocycles. The molecule has 24 heavy (non-hydrogen) atoms. The number of carbonyl (C=O) groups is 1. The number of ether oxygens (including phenoxy) is 1. The zero-order valence-electron chi connectivity index (χ0n) is 14.3. The van der Waals surface area contributed by atoms with E-state index >= 15 is 0 Å². The van der Waals surface area contributed by atoms with Crippen LogP contribution in [0.15, 0.2) is 49.6 Å². The monoisotopic (exact) mass is 326 g/mol. The number of hydrogen-bond donors (Lipinski definition) is 1. The van der Waals surface area contributed by atoms with Gasteiger partial charge >= 0.3 is 0 Å². The third-order valence-electron chi connectivity index (χ3n) is 5.36. The van der Waals surface area contributed by atoms with Gasteiger partial charge in [-0.25, -0.2) is 0 Å². The first-order chi connectivity index (χ1) is 11.7. The highest BCUT2D eigenvalue weighted by Gasteiger charge is 2.53. The number of carbonyl (C=O) groups excluding carboxylic acids is 1. The molecule has 0 bridgehead atoms. The number of benzene rings is 1. The standard InChI is InChI=1S/C20H26N2O2/c1-4-10-20(11-5-2)14-16-18(21-12-13-22(16)19(20)23)15-8-6-7-9-17(15)24-3/h4-9,16,18,21H,1-2,10-14H2,3H3/t16-,18-/m0/s1. The van der Waals surface area contributed by atoms with E-state index in [1.54, 1.807) is 7.11 Å². The van der Waals surface area contributed by atoms with Gasteiger partial charge in [0.05, 0.1) is 24.6 Å². The molecule has 1 amide bonds. The number of para-hydroxylation sites is 1. The molecule has 0 aromatic heterocycles. The number of allylic oxidation sites excluding steroid dienone is 2. The highest BCUT2D eigenvalue weighted by Crippen LogP contribution is 2.47. The summed E-state index contributed by atoms with van der Waals surface area (Å²) in [5, 5.41) is 3.60. The first kappa shape index (κ1) is 16.8. The molecule has 4 heteroatoms. The van der Waals surface area contributed by atoms with Gasteiger partial charge in [-0.05, 0) is 25.3 Å². The SMILES string of the molecule is C=CCC1(CC=C)C[C@H]2[C@H](c3ccccc3OC)NCCN2C1=O. The molecule has 0 unspecified atom stereocenters. The van der Waals surface area contributed by atoms with E-state index in [1.807, 2.05) is 30.4 Å². The molecule has 0 spiro atoms. The molecule has 2 fully saturated rings. The molecule has 2 saturated heterocycles. The van der Waals surface area contributed by atoms with Crippen LogP contribution in [0.4, 0.5) is 0 Å². The van der Waals surface area contributed by atoms with Gasteiger partial charge in [-0.15, -0.1) is 13.2 Å². The van der Waals surface area contributed by atoms with E-state index in [0.29, 0.717) is 12.8 Å². The van der Waals surface area contributed by atoms with E-state index in [9.17, 15) is 4.79 Å². The van der Waals surface area contributed by atoms with E-state index in [2.05, 4.69) is 29.4 Å². The fourth-order valence-electron chi connectivity index (χ4n) is 4.31. The summed E-state index contributed by atoms with van der Waals surface area (Å²) in [6, 6.07) is 8.30. The Morgan fingerprint density at radius 1 is 1.33 bits per heavy atom. The number of piperazine rings is 1. The van der Waals surface area contributed by atoms with E-state index in [0.717, 1.165) is 30.8 Å². The molecule has 3 rings (SSSR count). The molecule has 2 aliphatic rings. The van der Waals surface area contributed by atoms with Crippen molar-refractivity contribution in [3.8, 4) is 5.75 Å². The van der Waals surface area contributed by atoms with Crippen molar-refractivity contribution in [3.63, 3.8) is 0 Å². The number of amides is 1. The Hall–Kier alpha value is -2.07. The zero-order valence-corrected chi connectivity index (χ0v) is 14.3. The fraction of sp³-hybridized carbons (Fsp3) is 0.450. The van der Waals surface area contributed by atoms with Crippen molar-refractivity contribution in [1.82, 2.24) is 10.2 Å². The predicted octanol–water partition coefficient (Wildman–Crippen LogP) is 3.08. The molecule has 4 nitrogen and oxygen atoms in total. The molecule has 128 valence electrons. The average Bonchev–Trinajstić information content (AvgIpc) is 2.88. The van der Waals surface area contributed by atoms with Crippen LogP contribution in [0.1, 0.15) is 30.9 Å². The summed E-state index contributed by atoms with van der Waals surface area (Å²) in [6.45, 7) is 9.28. The summed E-state index contributed by atoms with van der Waals surface area (Å²) >= 11 is 0. The van der Waals surface area contributed by atoms with Gasteiger partial charge in [0.15, 0.2) is 0 Å². The summed E-state index contributed by atoms with van der Waals surface area (Å²) in [7, 11) is 1.69. The summed E-state index contributed by atoms with van der Waals surface area (Å²) in [6.07, 6.45) is 5.95. The van der Waals surface area contributed by atoms with Crippen molar-refractivity contribution in [2.24, 2.45) is 5.41 Å². The molecule has 0 radical (unpaired) electrons. The van der Waals surface area contributed by atoms with Crippen molar-refractivity contribution >= 4 is 5.91 Å². The van der Waals surface area contributed by atoms with Crippen LogP contribution in [0.3, 0.4) is 0 Å². The second-order valence-electron chi connectivity index (χ2n) is 6.71. The zero-order chi connectivity index (χ0) is 17.2. The summed E-state index contributed by atoms with van der Waals surface area (Å²) in [5.41, 5.74) is 0.732. The van der Waals surface area contributed by atoms with E-state index in [1.165, 1.54) is 0 Å². The number of nitrogens with one attached hydrogen (secondary N) is 1. The van der Waals surface area contributed by atoms with Gasteiger partial charge in [0.2, 0.25) is 5.91 Å². The smallest absolute Gasteiger partial charge is 0.229 e. The molecule has 0 saturated carbocycles. The molecular weight excluding hydrogens is 300 g/mol. The van der Waals surface area contributed by atoms with Gasteiger partial charge in [0.25, 0.3) is 0 Å². The molecule has 1 N–H and O–H groups in total. The fourth-order valence-corrected chi connectivity index (χ4v) is 4.31. The summed E-state index contributed by atoms with van der Waals surface area (Å²) in [5.74, 6) is 1.11. The number of hydrogen-bond acceptors (Lipinski definition) is 3. The number of rotatable bonds is 6. The second kappa shape index (κ2) is 6.81. The van der Waals surface area contributed by atoms with Gasteiger partial charge in [0.1, 0.15) is 5.75 Å². The summed E-state index contributed by atoms with van der Waals surface area (Å²) < 4.78 is 5.55. The highest BCUT2D eigenvalue weighted by molar-refractivity contribution is 5.86. The van der Waals surface area contributed by atoms with Crippen molar-refractivity contribution in [3.05, 3.63) is 55.1 Å². The van der Waals surface area contributed by atoms with Crippen LogP contribution in [0, 0.1) is 5.41 Å². The second-order valence-corrected chi connectivity index (χ2v) is 6.71. The minimum atomic E-state index is -0.388. The molecule has 1 aromatic rings. The largest absolute Gasteiger partial charge is 0.496 e. The molecule has 2 atom stereocenters. The third kappa shape index (κ3) is 2.65. The maximum atomic E-state index is 13.1. The van der Waals surface area contributed by atoms with Gasteiger partial charge < -0.3 is 15.0 Å². The lowest BCUT2D eigenvalue weighted by molar-refractivity contribution is -0.137. The maximum absolute atomic E-state index is 13.1. The van der Waals surface area contributed by atoms with E-state index in [-0.39, 0.29) is 23.4 Å². The van der Waals surface area contributed by atoms with Gasteiger partial charge in [-0.1, -0.05) is 30.4 Å². The van der Waals surface area contributed by atoms with Crippen LogP contribution in [-0.2, 0) is 4.79 Å². The third-order valence-corrected chi connectivity index (χ3v) is 5.36. The number of methoxy groups -OCH3 is 1. The van der Waals surface area contributed by atoms with Crippen molar-refractivity contribution < 1.29 is 9.53 Å². The van der Waals surface area contributed by atoms with Crippen LogP contribution in [0.2, 0.25) is 0 Å². The lowest BCUT2D eigenvalue weighted by Gasteiger charge is -2.38.